The normalized spacial score (nSPS) is 12.9. The van der Waals surface area contributed by atoms with Crippen molar-refractivity contribution in [3.63, 3.8) is 0 Å². The Balaban J connectivity index is 2.06. The van der Waals surface area contributed by atoms with Gasteiger partial charge in [0.05, 0.1) is 20.6 Å². The molecule has 3 rings (SSSR count). The van der Waals surface area contributed by atoms with Gasteiger partial charge in [-0.1, -0.05) is 53.9 Å². The Hall–Kier alpha value is -2.78. The number of anilines is 1. The first kappa shape index (κ1) is 32.7. The van der Waals surface area contributed by atoms with Crippen LogP contribution in [0.4, 0.5) is 5.69 Å². The molecule has 0 radical (unpaired) electrons. The smallest absolute Gasteiger partial charge is 0.264 e. The number of nitrogens with zero attached hydrogens (tertiary/aromatic N) is 2. The minimum absolute atomic E-state index is 0.00652. The highest BCUT2D eigenvalue weighted by Crippen LogP contribution is 2.28. The number of rotatable bonds is 11. The molecule has 0 spiro atoms. The fraction of sp³-hybridized carbons (Fsp3) is 0.333. The zero-order valence-electron chi connectivity index (χ0n) is 23.6. The Kier molecular flexibility index (Phi) is 11.1. The molecule has 3 aromatic rings. The lowest BCUT2D eigenvalue weighted by Gasteiger charge is -2.32. The van der Waals surface area contributed by atoms with E-state index in [1.165, 1.54) is 29.2 Å². The lowest BCUT2D eigenvalue weighted by atomic mass is 10.1. The molecule has 1 N–H and O–H groups in total. The van der Waals surface area contributed by atoms with Crippen LogP contribution in [0.5, 0.6) is 0 Å². The molecule has 0 aromatic heterocycles. The zero-order chi connectivity index (χ0) is 30.5. The van der Waals surface area contributed by atoms with Crippen LogP contribution in [0.1, 0.15) is 43.9 Å². The molecule has 220 valence electrons. The summed E-state index contributed by atoms with van der Waals surface area (Å²) in [5.74, 6) is -0.926. The van der Waals surface area contributed by atoms with Crippen LogP contribution in [0.3, 0.4) is 0 Å². The molecule has 0 aliphatic rings. The predicted molar refractivity (Wildman–Crippen MR) is 166 cm³/mol. The first-order valence-corrected chi connectivity index (χ1v) is 15.7. The average molecular weight is 639 g/mol. The van der Waals surface area contributed by atoms with Gasteiger partial charge in [0.25, 0.3) is 10.0 Å². The fourth-order valence-corrected chi connectivity index (χ4v) is 5.88. The van der Waals surface area contributed by atoms with E-state index in [9.17, 15) is 18.0 Å². The molecule has 2 atom stereocenters. The summed E-state index contributed by atoms with van der Waals surface area (Å²) in [6, 6.07) is 14.8. The monoisotopic (exact) mass is 637 g/mol. The summed E-state index contributed by atoms with van der Waals surface area (Å²) in [6.07, 6.45) is 0.707. The van der Waals surface area contributed by atoms with Crippen LogP contribution in [0, 0.1) is 13.8 Å². The average Bonchev–Trinajstić information content (AvgIpc) is 2.93. The number of hydrogen-bond acceptors (Lipinski definition) is 4. The summed E-state index contributed by atoms with van der Waals surface area (Å²) >= 11 is 18.3. The highest BCUT2D eigenvalue weighted by atomic mass is 35.5. The highest BCUT2D eigenvalue weighted by Gasteiger charge is 2.33. The topological polar surface area (TPSA) is 86.8 Å². The Morgan fingerprint density at radius 3 is 2.12 bits per heavy atom. The number of nitrogens with one attached hydrogen (secondary N) is 1. The molecule has 0 aliphatic heterocycles. The first-order valence-electron chi connectivity index (χ1n) is 13.1. The maximum atomic E-state index is 14.0. The lowest BCUT2D eigenvalue weighted by molar-refractivity contribution is -0.139. The molecule has 0 heterocycles. The fourth-order valence-electron chi connectivity index (χ4n) is 4.03. The number of amides is 2. The van der Waals surface area contributed by atoms with E-state index in [0.717, 1.165) is 15.4 Å². The molecule has 7 nitrogen and oxygen atoms in total. The maximum absolute atomic E-state index is 14.0. The Bertz CT molecular complexity index is 1510. The van der Waals surface area contributed by atoms with Gasteiger partial charge in [-0.3, -0.25) is 13.9 Å². The lowest BCUT2D eigenvalue weighted by Crippen LogP contribution is -2.52. The molecule has 0 unspecified atom stereocenters. The molecule has 11 heteroatoms. The summed E-state index contributed by atoms with van der Waals surface area (Å²) in [5.41, 5.74) is 2.79. The van der Waals surface area contributed by atoms with Gasteiger partial charge in [-0.25, -0.2) is 8.42 Å². The predicted octanol–water partition coefficient (Wildman–Crippen LogP) is 6.79. The van der Waals surface area contributed by atoms with Gasteiger partial charge < -0.3 is 10.2 Å². The summed E-state index contributed by atoms with van der Waals surface area (Å²) in [5, 5.41) is 3.94. The number of hydrogen-bond donors (Lipinski definition) is 1. The number of sulfonamides is 1. The molecule has 0 saturated carbocycles. The van der Waals surface area contributed by atoms with Crippen molar-refractivity contribution in [2.75, 3.05) is 10.8 Å². The van der Waals surface area contributed by atoms with Crippen LogP contribution in [-0.4, -0.2) is 43.8 Å². The van der Waals surface area contributed by atoms with Gasteiger partial charge in [0, 0.05) is 17.6 Å². The molecule has 3 aromatic carbocycles. The van der Waals surface area contributed by atoms with Crippen molar-refractivity contribution in [2.24, 2.45) is 0 Å². The summed E-state index contributed by atoms with van der Waals surface area (Å²) < 4.78 is 28.9. The van der Waals surface area contributed by atoms with Crippen molar-refractivity contribution in [1.82, 2.24) is 10.2 Å². The Labute approximate surface area is 257 Å². The van der Waals surface area contributed by atoms with Crippen LogP contribution in [0.25, 0.3) is 0 Å². The van der Waals surface area contributed by atoms with Gasteiger partial charge in [-0.2, -0.15) is 0 Å². The summed E-state index contributed by atoms with van der Waals surface area (Å²) in [7, 11) is -4.20. The van der Waals surface area contributed by atoms with E-state index in [0.29, 0.717) is 32.7 Å². The van der Waals surface area contributed by atoms with Gasteiger partial charge in [0.1, 0.15) is 12.6 Å². The van der Waals surface area contributed by atoms with Gasteiger partial charge in [-0.15, -0.1) is 0 Å². The van der Waals surface area contributed by atoms with Crippen LogP contribution in [0.2, 0.25) is 15.1 Å². The largest absolute Gasteiger partial charge is 0.352 e. The summed E-state index contributed by atoms with van der Waals surface area (Å²) in [4.78, 5) is 28.5. The second kappa shape index (κ2) is 13.9. The second-order valence-electron chi connectivity index (χ2n) is 10.00. The van der Waals surface area contributed by atoms with E-state index in [1.54, 1.807) is 43.3 Å². The third kappa shape index (κ3) is 8.16. The molecule has 0 bridgehead atoms. The number of carbonyl (C=O) groups is 2. The highest BCUT2D eigenvalue weighted by molar-refractivity contribution is 7.92. The molecule has 0 aliphatic carbocycles. The van der Waals surface area contributed by atoms with Crippen molar-refractivity contribution in [3.8, 4) is 0 Å². The van der Waals surface area contributed by atoms with Gasteiger partial charge in [0.15, 0.2) is 0 Å². The van der Waals surface area contributed by atoms with Crippen LogP contribution < -0.4 is 9.62 Å². The number of halogens is 3. The maximum Gasteiger partial charge on any atom is 0.264 e. The minimum atomic E-state index is -4.20. The van der Waals surface area contributed by atoms with E-state index >= 15 is 0 Å². The van der Waals surface area contributed by atoms with E-state index in [2.05, 4.69) is 5.32 Å². The van der Waals surface area contributed by atoms with Gasteiger partial charge in [0.2, 0.25) is 11.8 Å². The SMILES string of the molecule is CC[C@H](C)NC(=O)[C@H](C)N(Cc1ccc(Cl)c(Cl)c1)C(=O)CN(c1ccc(C)c(C)c1)S(=O)(=O)c1ccc(Cl)cc1. The molecule has 0 fully saturated rings. The van der Waals surface area contributed by atoms with E-state index in [4.69, 9.17) is 34.8 Å². The number of benzene rings is 3. The first-order chi connectivity index (χ1) is 19.2. The van der Waals surface area contributed by atoms with Crippen molar-refractivity contribution < 1.29 is 18.0 Å². The number of carbonyl (C=O) groups excluding carboxylic acids is 2. The summed E-state index contributed by atoms with van der Waals surface area (Å²) in [6.45, 7) is 8.67. The van der Waals surface area contributed by atoms with Crippen molar-refractivity contribution >= 4 is 62.3 Å². The molecule has 41 heavy (non-hydrogen) atoms. The van der Waals surface area contributed by atoms with Gasteiger partial charge in [-0.05, 0) is 99.3 Å². The van der Waals surface area contributed by atoms with Crippen molar-refractivity contribution in [1.29, 1.82) is 0 Å². The van der Waals surface area contributed by atoms with Crippen LogP contribution in [0.15, 0.2) is 65.6 Å². The standard InChI is InChI=1S/C30H34Cl3N3O4S/c1-6-21(4)34-30(38)22(5)35(17-23-8-14-27(32)28(33)16-23)29(37)18-36(25-11-7-19(2)20(3)15-25)41(39,40)26-12-9-24(31)10-13-26/h7-16,21-22H,6,17-18H2,1-5H3,(H,34,38)/t21-,22-/m0/s1. The molecular formula is C30H34Cl3N3O4S. The number of aryl methyl sites for hydroxylation is 2. The van der Waals surface area contributed by atoms with Crippen LogP contribution in [-0.2, 0) is 26.2 Å². The quantitative estimate of drug-likeness (QED) is 0.251. The van der Waals surface area contributed by atoms with E-state index in [-0.39, 0.29) is 23.4 Å². The molecule has 0 saturated heterocycles. The molecular weight excluding hydrogens is 605 g/mol. The van der Waals surface area contributed by atoms with Crippen LogP contribution >= 0.6 is 34.8 Å². The Morgan fingerprint density at radius 1 is 0.878 bits per heavy atom. The van der Waals surface area contributed by atoms with Gasteiger partial charge >= 0.3 is 0 Å². The molecule has 2 amide bonds. The zero-order valence-corrected chi connectivity index (χ0v) is 26.7. The van der Waals surface area contributed by atoms with Crippen molar-refractivity contribution in [2.45, 2.75) is 64.6 Å². The van der Waals surface area contributed by atoms with Crippen molar-refractivity contribution in [3.05, 3.63) is 92.4 Å². The van der Waals surface area contributed by atoms with E-state index in [1.807, 2.05) is 27.7 Å². The van der Waals surface area contributed by atoms with E-state index < -0.39 is 28.5 Å². The third-order valence-electron chi connectivity index (χ3n) is 6.96. The second-order valence-corrected chi connectivity index (χ2v) is 13.1. The Morgan fingerprint density at radius 2 is 1.54 bits per heavy atom. The minimum Gasteiger partial charge on any atom is -0.352 e. The third-order valence-corrected chi connectivity index (χ3v) is 9.74.